The highest BCUT2D eigenvalue weighted by atomic mass is 28.3. The average molecular weight is 340 g/mol. The summed E-state index contributed by atoms with van der Waals surface area (Å²) in [7, 11) is 3.06. The van der Waals surface area contributed by atoms with Crippen molar-refractivity contribution in [2.45, 2.75) is 54.0 Å². The molecule has 0 aromatic rings. The largest absolute Gasteiger partial charge is 0.545 e. The summed E-state index contributed by atoms with van der Waals surface area (Å²) in [5, 5.41) is 23.2. The van der Waals surface area contributed by atoms with E-state index in [1.165, 1.54) is 0 Å². The van der Waals surface area contributed by atoms with Crippen LogP contribution in [-0.4, -0.2) is 32.2 Å². The highest BCUT2D eigenvalue weighted by Crippen LogP contribution is 2.52. The van der Waals surface area contributed by atoms with Gasteiger partial charge >= 0.3 is 0 Å². The van der Waals surface area contributed by atoms with Crippen LogP contribution < -0.4 is 10.2 Å². The number of rotatable bonds is 8. The molecule has 0 heterocycles. The number of carboxylic acids is 2. The Morgan fingerprint density at radius 3 is 1.77 bits per heavy atom. The standard InChI is InChI=1S/C15H25O5Si2/c1-8(2)10(12(16)17)11(13(18)19)15(6,7)14(4,5)9(3)22-20-21/h8-9H,1-7H3,(H,16,17)(H,18,19)/p-2/b11-10-. The van der Waals surface area contributed by atoms with Crippen LogP contribution in [0, 0.1) is 16.7 Å². The van der Waals surface area contributed by atoms with E-state index in [4.69, 9.17) is 4.12 Å². The second-order valence-corrected chi connectivity index (χ2v) is 8.72. The van der Waals surface area contributed by atoms with Gasteiger partial charge in [-0.3, -0.25) is 0 Å². The molecule has 22 heavy (non-hydrogen) atoms. The number of aliphatic carboxylic acids is 2. The van der Waals surface area contributed by atoms with E-state index in [2.05, 4.69) is 10.5 Å². The van der Waals surface area contributed by atoms with Crippen LogP contribution in [0.4, 0.5) is 0 Å². The first-order valence-electron chi connectivity index (χ1n) is 7.07. The molecule has 123 valence electrons. The Bertz CT molecular complexity index is 467. The molecule has 1 unspecified atom stereocenters. The second kappa shape index (κ2) is 7.56. The lowest BCUT2D eigenvalue weighted by Crippen LogP contribution is -2.47. The van der Waals surface area contributed by atoms with E-state index in [9.17, 15) is 19.8 Å². The maximum Gasteiger partial charge on any atom is 0.229 e. The van der Waals surface area contributed by atoms with Gasteiger partial charge in [0.05, 0.1) is 11.9 Å². The summed E-state index contributed by atoms with van der Waals surface area (Å²) in [6.45, 7) is 12.4. The topological polar surface area (TPSA) is 89.5 Å². The first-order valence-corrected chi connectivity index (χ1v) is 8.47. The van der Waals surface area contributed by atoms with E-state index in [0.717, 1.165) is 0 Å². The van der Waals surface area contributed by atoms with Crippen LogP contribution in [0.1, 0.15) is 48.5 Å². The second-order valence-electron chi connectivity index (χ2n) is 6.81. The lowest BCUT2D eigenvalue weighted by Gasteiger charge is -2.48. The van der Waals surface area contributed by atoms with E-state index in [-0.39, 0.29) is 26.5 Å². The van der Waals surface area contributed by atoms with Crippen molar-refractivity contribution < 1.29 is 23.9 Å². The van der Waals surface area contributed by atoms with Gasteiger partial charge in [0, 0.05) is 0 Å². The van der Waals surface area contributed by atoms with Gasteiger partial charge in [-0.1, -0.05) is 48.5 Å². The van der Waals surface area contributed by atoms with Crippen molar-refractivity contribution in [3.05, 3.63) is 11.1 Å². The quantitative estimate of drug-likeness (QED) is 0.459. The molecule has 0 aliphatic rings. The van der Waals surface area contributed by atoms with Gasteiger partial charge in [-0.2, -0.15) is 0 Å². The minimum absolute atomic E-state index is 0.00971. The van der Waals surface area contributed by atoms with Crippen LogP contribution in [0.25, 0.3) is 0 Å². The molecule has 0 saturated heterocycles. The maximum atomic E-state index is 11.7. The van der Waals surface area contributed by atoms with Gasteiger partial charge in [-0.15, -0.1) is 0 Å². The third kappa shape index (κ3) is 4.08. The molecular weight excluding hydrogens is 316 g/mol. The molecule has 1 atom stereocenters. The van der Waals surface area contributed by atoms with Crippen molar-refractivity contribution in [1.29, 1.82) is 0 Å². The van der Waals surface area contributed by atoms with Gasteiger partial charge in [0.2, 0.25) is 20.2 Å². The minimum Gasteiger partial charge on any atom is -0.545 e. The molecule has 0 aliphatic heterocycles. The molecular formula is C15H23O5Si2-2. The van der Waals surface area contributed by atoms with Gasteiger partial charge in [0.15, 0.2) is 0 Å². The van der Waals surface area contributed by atoms with Crippen molar-refractivity contribution in [1.82, 2.24) is 0 Å². The third-order valence-electron chi connectivity index (χ3n) is 4.82. The zero-order valence-corrected chi connectivity index (χ0v) is 16.2. The van der Waals surface area contributed by atoms with E-state index in [1.807, 2.05) is 20.8 Å². The summed E-state index contributed by atoms with van der Waals surface area (Å²) in [6.07, 6.45) is 0. The molecule has 0 rings (SSSR count). The van der Waals surface area contributed by atoms with Crippen molar-refractivity contribution >= 4 is 32.2 Å². The fraction of sp³-hybridized carbons (Fsp3) is 0.733. The number of hydrogen-bond donors (Lipinski definition) is 0. The van der Waals surface area contributed by atoms with Gasteiger partial charge in [-0.25, -0.2) is 0 Å². The molecule has 0 aromatic heterocycles. The minimum atomic E-state index is -1.47. The summed E-state index contributed by atoms with van der Waals surface area (Å²) >= 11 is 0. The molecule has 0 fully saturated rings. The zero-order chi connectivity index (χ0) is 17.9. The fourth-order valence-corrected chi connectivity index (χ4v) is 3.79. The van der Waals surface area contributed by atoms with Crippen molar-refractivity contribution in [2.75, 3.05) is 0 Å². The number of carbonyl (C=O) groups is 2. The lowest BCUT2D eigenvalue weighted by molar-refractivity contribution is -0.306. The molecule has 5 nitrogen and oxygen atoms in total. The van der Waals surface area contributed by atoms with Crippen molar-refractivity contribution in [2.24, 2.45) is 16.7 Å². The number of hydrogen-bond acceptors (Lipinski definition) is 5. The van der Waals surface area contributed by atoms with Gasteiger partial charge < -0.3 is 23.9 Å². The predicted molar refractivity (Wildman–Crippen MR) is 81.5 cm³/mol. The molecule has 0 bridgehead atoms. The van der Waals surface area contributed by atoms with Crippen LogP contribution in [0.5, 0.6) is 0 Å². The van der Waals surface area contributed by atoms with Gasteiger partial charge in [0.25, 0.3) is 0 Å². The molecule has 0 N–H and O–H groups in total. The summed E-state index contributed by atoms with van der Waals surface area (Å²) in [5.41, 5.74) is -1.94. The zero-order valence-electron chi connectivity index (χ0n) is 14.2. The van der Waals surface area contributed by atoms with E-state index >= 15 is 0 Å². The number of carbonyl (C=O) groups excluding carboxylic acids is 2. The third-order valence-corrected chi connectivity index (χ3v) is 6.37. The van der Waals surface area contributed by atoms with Crippen LogP contribution in [-0.2, 0) is 13.7 Å². The molecule has 0 aliphatic carbocycles. The van der Waals surface area contributed by atoms with Crippen LogP contribution >= 0.6 is 0 Å². The Balaban J connectivity index is 6.33. The van der Waals surface area contributed by atoms with Crippen LogP contribution in [0.3, 0.4) is 0 Å². The SMILES string of the molecule is CC(C)/C(C(=O)[O-])=C(\C(=O)[O-])C(C)(C)C(C)(C)C(C)[Si]O[Si]. The van der Waals surface area contributed by atoms with Crippen LogP contribution in [0.15, 0.2) is 11.1 Å². The molecule has 0 amide bonds. The summed E-state index contributed by atoms with van der Waals surface area (Å²) in [6, 6.07) is 0. The summed E-state index contributed by atoms with van der Waals surface area (Å²) < 4.78 is 5.01. The van der Waals surface area contributed by atoms with Gasteiger partial charge in [-0.05, 0) is 33.4 Å². The first kappa shape index (κ1) is 21.1. The maximum absolute atomic E-state index is 11.7. The van der Waals surface area contributed by atoms with E-state index in [1.54, 1.807) is 27.7 Å². The molecule has 0 saturated carbocycles. The Morgan fingerprint density at radius 1 is 1.05 bits per heavy atom. The summed E-state index contributed by atoms with van der Waals surface area (Å²) in [5.74, 6) is -3.43. The highest BCUT2D eigenvalue weighted by Gasteiger charge is 2.45. The highest BCUT2D eigenvalue weighted by molar-refractivity contribution is 6.36. The number of carboxylic acid groups (broad SMARTS) is 2. The van der Waals surface area contributed by atoms with Crippen LogP contribution in [0.2, 0.25) is 5.54 Å². The van der Waals surface area contributed by atoms with E-state index < -0.39 is 28.7 Å². The summed E-state index contributed by atoms with van der Waals surface area (Å²) in [4.78, 5) is 23.2. The fourth-order valence-electron chi connectivity index (χ4n) is 2.43. The smallest absolute Gasteiger partial charge is 0.229 e. The Labute approximate surface area is 138 Å². The molecule has 7 heteroatoms. The van der Waals surface area contributed by atoms with E-state index in [0.29, 0.717) is 0 Å². The van der Waals surface area contributed by atoms with Gasteiger partial charge in [0.1, 0.15) is 0 Å². The van der Waals surface area contributed by atoms with Crippen molar-refractivity contribution in [3.8, 4) is 0 Å². The Kier molecular flexibility index (Phi) is 7.24. The van der Waals surface area contributed by atoms with Crippen molar-refractivity contribution in [3.63, 3.8) is 0 Å². The Morgan fingerprint density at radius 2 is 1.50 bits per heavy atom. The molecule has 0 spiro atoms. The first-order chi connectivity index (χ1) is 9.82. The predicted octanol–water partition coefficient (Wildman–Crippen LogP) is 0.0189. The monoisotopic (exact) mass is 339 g/mol. The molecule has 5 radical (unpaired) electrons. The normalized spacial score (nSPS) is 15.5. The molecule has 0 aromatic carbocycles. The lowest BCUT2D eigenvalue weighted by atomic mass is 9.60. The average Bonchev–Trinajstić information content (AvgIpc) is 2.33. The Hall–Kier alpha value is -0.926.